The van der Waals surface area contributed by atoms with E-state index in [2.05, 4.69) is 20.5 Å². The molecule has 1 saturated heterocycles. The molecule has 2 unspecified atom stereocenters. The Morgan fingerprint density at radius 3 is 2.39 bits per heavy atom. The molecule has 7 nitrogen and oxygen atoms in total. The maximum absolute atomic E-state index is 11.7. The topological polar surface area (TPSA) is 83.0 Å². The molecule has 1 rings (SSSR count). The van der Waals surface area contributed by atoms with Crippen LogP contribution >= 0.6 is 24.0 Å². The monoisotopic (exact) mass is 440 g/mol. The third-order valence-electron chi connectivity index (χ3n) is 3.86. The second-order valence-electron chi connectivity index (χ2n) is 5.93. The summed E-state index contributed by atoms with van der Waals surface area (Å²) in [7, 11) is 3.13. The molecule has 1 aliphatic heterocycles. The molecule has 2 N–H and O–H groups in total. The summed E-state index contributed by atoms with van der Waals surface area (Å²) >= 11 is 0. The van der Waals surface area contributed by atoms with E-state index in [0.29, 0.717) is 19.6 Å². The van der Waals surface area contributed by atoms with Gasteiger partial charge in [0.25, 0.3) is 0 Å². The minimum absolute atomic E-state index is 0. The summed E-state index contributed by atoms with van der Waals surface area (Å²) in [6, 6.07) is 0. The Morgan fingerprint density at radius 1 is 1.26 bits per heavy atom. The van der Waals surface area contributed by atoms with Crippen LogP contribution in [0.5, 0.6) is 0 Å². The lowest BCUT2D eigenvalue weighted by Gasteiger charge is -2.21. The fourth-order valence-electron chi connectivity index (χ4n) is 2.49. The largest absolute Gasteiger partial charge is 0.469 e. The number of carbonyl (C=O) groups is 2. The molecule has 1 aliphatic rings. The van der Waals surface area contributed by atoms with Crippen molar-refractivity contribution in [1.29, 1.82) is 0 Å². The van der Waals surface area contributed by atoms with Gasteiger partial charge in [0.1, 0.15) is 0 Å². The van der Waals surface area contributed by atoms with E-state index in [0.717, 1.165) is 12.5 Å². The lowest BCUT2D eigenvalue weighted by atomic mass is 9.99. The van der Waals surface area contributed by atoms with Crippen molar-refractivity contribution in [3.8, 4) is 0 Å². The van der Waals surface area contributed by atoms with Crippen LogP contribution < -0.4 is 10.6 Å². The van der Waals surface area contributed by atoms with Crippen molar-refractivity contribution in [1.82, 2.24) is 15.5 Å². The number of ether oxygens (including phenoxy) is 1. The van der Waals surface area contributed by atoms with Gasteiger partial charge in [-0.15, -0.1) is 24.0 Å². The van der Waals surface area contributed by atoms with Crippen LogP contribution in [0.2, 0.25) is 0 Å². The molecule has 0 radical (unpaired) electrons. The SMILES string of the molecule is CN=C(NCCNC(=O)C(C)C)N1CC(C)C(C(=O)OC)C1.I. The average molecular weight is 440 g/mol. The maximum atomic E-state index is 11.7. The molecule has 0 aromatic heterocycles. The average Bonchev–Trinajstić information content (AvgIpc) is 2.87. The first kappa shape index (κ1) is 21.9. The predicted octanol–water partition coefficient (Wildman–Crippen LogP) is 0.693. The first-order chi connectivity index (χ1) is 10.4. The van der Waals surface area contributed by atoms with Gasteiger partial charge in [-0.1, -0.05) is 20.8 Å². The van der Waals surface area contributed by atoms with Gasteiger partial charge >= 0.3 is 5.97 Å². The van der Waals surface area contributed by atoms with Crippen LogP contribution in [0, 0.1) is 17.8 Å². The van der Waals surface area contributed by atoms with E-state index in [1.54, 1.807) is 7.05 Å². The van der Waals surface area contributed by atoms with Crippen LogP contribution in [0.1, 0.15) is 20.8 Å². The van der Waals surface area contributed by atoms with Gasteiger partial charge in [0.2, 0.25) is 5.91 Å². The molecule has 0 aliphatic carbocycles. The van der Waals surface area contributed by atoms with Crippen molar-refractivity contribution in [2.24, 2.45) is 22.7 Å². The molecule has 134 valence electrons. The quantitative estimate of drug-likeness (QED) is 0.216. The van der Waals surface area contributed by atoms with Crippen LogP contribution in [-0.2, 0) is 14.3 Å². The molecule has 8 heteroatoms. The Balaban J connectivity index is 0.00000484. The Morgan fingerprint density at radius 2 is 1.87 bits per heavy atom. The van der Waals surface area contributed by atoms with E-state index in [1.807, 2.05) is 20.8 Å². The summed E-state index contributed by atoms with van der Waals surface area (Å²) in [5.74, 6) is 0.708. The van der Waals surface area contributed by atoms with Gasteiger partial charge in [-0.25, -0.2) is 0 Å². The summed E-state index contributed by atoms with van der Waals surface area (Å²) in [6.07, 6.45) is 0. The van der Waals surface area contributed by atoms with Gasteiger partial charge in [-0.3, -0.25) is 14.6 Å². The Kier molecular flexibility index (Phi) is 10.2. The van der Waals surface area contributed by atoms with Crippen molar-refractivity contribution in [2.45, 2.75) is 20.8 Å². The number of hydrogen-bond acceptors (Lipinski definition) is 4. The first-order valence-corrected chi connectivity index (χ1v) is 7.71. The van der Waals surface area contributed by atoms with Crippen molar-refractivity contribution in [3.05, 3.63) is 0 Å². The molecular weight excluding hydrogens is 411 g/mol. The highest BCUT2D eigenvalue weighted by Gasteiger charge is 2.36. The Labute approximate surface area is 155 Å². The van der Waals surface area contributed by atoms with E-state index in [4.69, 9.17) is 4.74 Å². The van der Waals surface area contributed by atoms with Gasteiger partial charge in [0.05, 0.1) is 13.0 Å². The van der Waals surface area contributed by atoms with Crippen LogP contribution in [-0.4, -0.2) is 63.1 Å². The summed E-state index contributed by atoms with van der Waals surface area (Å²) in [5, 5.41) is 6.06. The highest BCUT2D eigenvalue weighted by atomic mass is 127. The van der Waals surface area contributed by atoms with Crippen LogP contribution in [0.3, 0.4) is 0 Å². The fourth-order valence-corrected chi connectivity index (χ4v) is 2.49. The third-order valence-corrected chi connectivity index (χ3v) is 3.86. The zero-order valence-corrected chi connectivity index (χ0v) is 16.9. The lowest BCUT2D eigenvalue weighted by Crippen LogP contribution is -2.44. The predicted molar refractivity (Wildman–Crippen MR) is 101 cm³/mol. The normalized spacial score (nSPS) is 21.0. The second kappa shape index (κ2) is 10.7. The number of likely N-dealkylation sites (tertiary alicyclic amines) is 1. The molecule has 0 aromatic rings. The van der Waals surface area contributed by atoms with Crippen LogP contribution in [0.15, 0.2) is 4.99 Å². The number of nitrogens with zero attached hydrogens (tertiary/aromatic N) is 2. The highest BCUT2D eigenvalue weighted by Crippen LogP contribution is 2.23. The number of aliphatic imine (C=N–C) groups is 1. The van der Waals surface area contributed by atoms with Crippen molar-refractivity contribution >= 4 is 41.8 Å². The van der Waals surface area contributed by atoms with E-state index in [1.165, 1.54) is 7.11 Å². The van der Waals surface area contributed by atoms with Gasteiger partial charge in [-0.2, -0.15) is 0 Å². The lowest BCUT2D eigenvalue weighted by molar-refractivity contribution is -0.146. The van der Waals surface area contributed by atoms with Crippen molar-refractivity contribution in [2.75, 3.05) is 40.3 Å². The standard InChI is InChI=1S/C15H28N4O3.HI/c1-10(2)13(20)17-6-7-18-15(16-4)19-8-11(3)12(9-19)14(21)22-5;/h10-12H,6-9H2,1-5H3,(H,16,18)(H,17,20);1H. The molecular formula is C15H29IN4O3. The maximum Gasteiger partial charge on any atom is 0.310 e. The second-order valence-corrected chi connectivity index (χ2v) is 5.93. The molecule has 1 heterocycles. The number of esters is 1. The number of rotatable bonds is 5. The van der Waals surface area contributed by atoms with E-state index >= 15 is 0 Å². The first-order valence-electron chi connectivity index (χ1n) is 7.71. The van der Waals surface area contributed by atoms with Crippen LogP contribution in [0.4, 0.5) is 0 Å². The summed E-state index contributed by atoms with van der Waals surface area (Å²) in [4.78, 5) is 29.5. The molecule has 0 aromatic carbocycles. The zero-order chi connectivity index (χ0) is 16.7. The Bertz CT molecular complexity index is 429. The Hall–Kier alpha value is -1.06. The van der Waals surface area contributed by atoms with Gasteiger partial charge in [0, 0.05) is 39.1 Å². The molecule has 0 saturated carbocycles. The number of guanidine groups is 1. The van der Waals surface area contributed by atoms with Gasteiger partial charge in [0.15, 0.2) is 5.96 Å². The summed E-state index contributed by atoms with van der Waals surface area (Å²) < 4.78 is 4.84. The number of nitrogens with one attached hydrogen (secondary N) is 2. The zero-order valence-electron chi connectivity index (χ0n) is 14.6. The minimum Gasteiger partial charge on any atom is -0.469 e. The molecule has 1 fully saturated rings. The van der Waals surface area contributed by atoms with Crippen LogP contribution in [0.25, 0.3) is 0 Å². The third kappa shape index (κ3) is 6.52. The number of carbonyl (C=O) groups excluding carboxylic acids is 2. The molecule has 23 heavy (non-hydrogen) atoms. The number of halogens is 1. The number of amides is 1. The van der Waals surface area contributed by atoms with Crippen molar-refractivity contribution in [3.63, 3.8) is 0 Å². The molecule has 1 amide bonds. The summed E-state index contributed by atoms with van der Waals surface area (Å²) in [5.41, 5.74) is 0. The van der Waals surface area contributed by atoms with Gasteiger partial charge in [-0.05, 0) is 5.92 Å². The van der Waals surface area contributed by atoms with Crippen molar-refractivity contribution < 1.29 is 14.3 Å². The minimum atomic E-state index is -0.172. The highest BCUT2D eigenvalue weighted by molar-refractivity contribution is 14.0. The number of hydrogen-bond donors (Lipinski definition) is 2. The molecule has 0 bridgehead atoms. The van der Waals surface area contributed by atoms with E-state index in [9.17, 15) is 9.59 Å². The number of methoxy groups -OCH3 is 1. The summed E-state index contributed by atoms with van der Waals surface area (Å²) in [6.45, 7) is 8.26. The van der Waals surface area contributed by atoms with E-state index < -0.39 is 0 Å². The molecule has 2 atom stereocenters. The van der Waals surface area contributed by atoms with Gasteiger partial charge < -0.3 is 20.3 Å². The smallest absolute Gasteiger partial charge is 0.310 e. The molecule has 0 spiro atoms. The fraction of sp³-hybridized carbons (Fsp3) is 0.800. The van der Waals surface area contributed by atoms with E-state index in [-0.39, 0.29) is 53.6 Å².